The third-order valence-electron chi connectivity index (χ3n) is 2.62. The van der Waals surface area contributed by atoms with Gasteiger partial charge >= 0.3 is 0 Å². The molecule has 0 fully saturated rings. The highest BCUT2D eigenvalue weighted by molar-refractivity contribution is 5.29. The second-order valence-corrected chi connectivity index (χ2v) is 3.98. The van der Waals surface area contributed by atoms with Crippen LogP contribution in [0.2, 0.25) is 0 Å². The van der Waals surface area contributed by atoms with Gasteiger partial charge in [0.05, 0.1) is 11.8 Å². The van der Waals surface area contributed by atoms with Crippen molar-refractivity contribution in [2.24, 2.45) is 0 Å². The lowest BCUT2D eigenvalue weighted by Gasteiger charge is -2.18. The second kappa shape index (κ2) is 6.48. The molecule has 0 saturated heterocycles. The van der Waals surface area contributed by atoms with E-state index in [-0.39, 0.29) is 0 Å². The Hall–Kier alpha value is -1.09. The maximum atomic E-state index is 5.95. The van der Waals surface area contributed by atoms with E-state index >= 15 is 0 Å². The highest BCUT2D eigenvalue weighted by atomic mass is 16.5. The molecule has 1 aromatic rings. The van der Waals surface area contributed by atoms with Crippen molar-refractivity contribution >= 4 is 0 Å². The van der Waals surface area contributed by atoms with Crippen molar-refractivity contribution in [2.45, 2.75) is 46.3 Å². The molecule has 0 saturated carbocycles. The van der Waals surface area contributed by atoms with Crippen LogP contribution in [0.4, 0.5) is 0 Å². The zero-order valence-electron chi connectivity index (χ0n) is 10.7. The molecule has 1 N–H and O–H groups in total. The van der Waals surface area contributed by atoms with Crippen LogP contribution in [0.1, 0.15) is 38.1 Å². The third-order valence-corrected chi connectivity index (χ3v) is 2.62. The Balaban J connectivity index is 2.84. The zero-order chi connectivity index (χ0) is 12.0. The van der Waals surface area contributed by atoms with Crippen molar-refractivity contribution in [3.63, 3.8) is 0 Å². The van der Waals surface area contributed by atoms with Gasteiger partial charge in [0.2, 0.25) is 0 Å². The molecule has 0 unspecified atom stereocenters. The first-order chi connectivity index (χ1) is 7.71. The first-order valence-electron chi connectivity index (χ1n) is 5.99. The van der Waals surface area contributed by atoms with Gasteiger partial charge in [-0.3, -0.25) is 4.98 Å². The number of nitrogens with zero attached hydrogens (tertiary/aromatic N) is 1. The number of ether oxygens (including phenoxy) is 1. The van der Waals surface area contributed by atoms with E-state index in [1.165, 1.54) is 0 Å². The Labute approximate surface area is 98.2 Å². The summed E-state index contributed by atoms with van der Waals surface area (Å²) in [4.78, 5) is 4.50. The monoisotopic (exact) mass is 222 g/mol. The number of aryl methyl sites for hydroxylation is 1. The average Bonchev–Trinajstić information content (AvgIpc) is 2.29. The highest BCUT2D eigenvalue weighted by Gasteiger charge is 2.10. The van der Waals surface area contributed by atoms with Gasteiger partial charge in [0.25, 0.3) is 0 Å². The van der Waals surface area contributed by atoms with E-state index in [9.17, 15) is 0 Å². The van der Waals surface area contributed by atoms with E-state index in [0.717, 1.165) is 36.5 Å². The fourth-order valence-corrected chi connectivity index (χ4v) is 1.63. The molecule has 0 bridgehead atoms. The van der Waals surface area contributed by atoms with Crippen molar-refractivity contribution in [3.8, 4) is 5.75 Å². The van der Waals surface area contributed by atoms with Gasteiger partial charge in [-0.2, -0.15) is 0 Å². The Morgan fingerprint density at radius 1 is 1.31 bits per heavy atom. The molecule has 90 valence electrons. The van der Waals surface area contributed by atoms with Crippen LogP contribution in [0.15, 0.2) is 12.1 Å². The van der Waals surface area contributed by atoms with E-state index < -0.39 is 0 Å². The smallest absolute Gasteiger partial charge is 0.142 e. The fraction of sp³-hybridized carbons (Fsp3) is 0.615. The van der Waals surface area contributed by atoms with Crippen LogP contribution in [0.3, 0.4) is 0 Å². The van der Waals surface area contributed by atoms with Gasteiger partial charge < -0.3 is 10.1 Å². The zero-order valence-corrected chi connectivity index (χ0v) is 10.7. The molecule has 16 heavy (non-hydrogen) atoms. The molecule has 3 heteroatoms. The minimum atomic E-state index is 0.292. The largest absolute Gasteiger partial charge is 0.488 e. The topological polar surface area (TPSA) is 34.1 Å². The van der Waals surface area contributed by atoms with Gasteiger partial charge in [-0.25, -0.2) is 0 Å². The molecule has 0 atom stereocenters. The Kier molecular flexibility index (Phi) is 5.26. The molecule has 1 aromatic heterocycles. The van der Waals surface area contributed by atoms with Crippen LogP contribution in [0.5, 0.6) is 5.75 Å². The number of pyridine rings is 1. The maximum absolute atomic E-state index is 5.95. The summed E-state index contributed by atoms with van der Waals surface area (Å²) in [6.07, 6.45) is 2.35. The molecule has 1 rings (SSSR count). The van der Waals surface area contributed by atoms with Crippen LogP contribution in [-0.2, 0) is 6.54 Å². The maximum Gasteiger partial charge on any atom is 0.142 e. The van der Waals surface area contributed by atoms with Gasteiger partial charge in [-0.05, 0) is 38.9 Å². The third kappa shape index (κ3) is 3.49. The van der Waals surface area contributed by atoms with Crippen LogP contribution >= 0.6 is 0 Å². The Bertz CT molecular complexity index is 322. The summed E-state index contributed by atoms with van der Waals surface area (Å²) in [6, 6.07) is 4.02. The number of hydrogen-bond acceptors (Lipinski definition) is 3. The summed E-state index contributed by atoms with van der Waals surface area (Å²) in [5, 5.41) is 3.12. The van der Waals surface area contributed by atoms with Gasteiger partial charge in [-0.1, -0.05) is 13.8 Å². The molecule has 3 nitrogen and oxygen atoms in total. The molecule has 0 spiro atoms. The first-order valence-corrected chi connectivity index (χ1v) is 5.99. The van der Waals surface area contributed by atoms with E-state index in [1.54, 1.807) is 0 Å². The summed E-state index contributed by atoms with van der Waals surface area (Å²) in [6.45, 7) is 7.04. The molecule has 0 aliphatic heterocycles. The van der Waals surface area contributed by atoms with Crippen molar-refractivity contribution in [1.82, 2.24) is 10.3 Å². The predicted molar refractivity (Wildman–Crippen MR) is 66.7 cm³/mol. The summed E-state index contributed by atoms with van der Waals surface area (Å²) in [7, 11) is 1.92. The Morgan fingerprint density at radius 3 is 2.56 bits per heavy atom. The Morgan fingerprint density at radius 2 is 2.00 bits per heavy atom. The number of rotatable bonds is 6. The summed E-state index contributed by atoms with van der Waals surface area (Å²) in [5.74, 6) is 0.911. The van der Waals surface area contributed by atoms with Crippen molar-refractivity contribution in [2.75, 3.05) is 7.05 Å². The molecular formula is C13H22N2O. The normalized spacial score (nSPS) is 10.8. The van der Waals surface area contributed by atoms with Gasteiger partial charge in [0.15, 0.2) is 0 Å². The van der Waals surface area contributed by atoms with E-state index in [2.05, 4.69) is 24.1 Å². The molecule has 1 heterocycles. The summed E-state index contributed by atoms with van der Waals surface area (Å²) < 4.78 is 5.95. The molecule has 0 radical (unpaired) electrons. The molecular weight excluding hydrogens is 200 g/mol. The van der Waals surface area contributed by atoms with Crippen LogP contribution < -0.4 is 10.1 Å². The molecule has 0 amide bonds. The van der Waals surface area contributed by atoms with Crippen LogP contribution in [0.25, 0.3) is 0 Å². The van der Waals surface area contributed by atoms with Crippen molar-refractivity contribution < 1.29 is 4.74 Å². The standard InChI is InChI=1S/C13H22N2O/c1-5-11(6-2)16-13-8-7-10(3)15-12(13)9-14-4/h7-8,11,14H,5-6,9H2,1-4H3. The van der Waals surface area contributed by atoms with E-state index in [4.69, 9.17) is 4.74 Å². The number of aromatic nitrogens is 1. The van der Waals surface area contributed by atoms with Crippen molar-refractivity contribution in [1.29, 1.82) is 0 Å². The quantitative estimate of drug-likeness (QED) is 0.803. The van der Waals surface area contributed by atoms with Crippen LogP contribution in [0, 0.1) is 6.92 Å². The second-order valence-electron chi connectivity index (χ2n) is 3.98. The van der Waals surface area contributed by atoms with Crippen LogP contribution in [-0.4, -0.2) is 18.1 Å². The molecule has 0 aliphatic rings. The van der Waals surface area contributed by atoms with E-state index in [0.29, 0.717) is 6.10 Å². The summed E-state index contributed by atoms with van der Waals surface area (Å²) >= 11 is 0. The molecule has 0 aliphatic carbocycles. The lowest BCUT2D eigenvalue weighted by molar-refractivity contribution is 0.189. The minimum Gasteiger partial charge on any atom is -0.488 e. The van der Waals surface area contributed by atoms with E-state index in [1.807, 2.05) is 26.1 Å². The molecule has 0 aromatic carbocycles. The van der Waals surface area contributed by atoms with Gasteiger partial charge in [0.1, 0.15) is 5.75 Å². The van der Waals surface area contributed by atoms with Crippen molar-refractivity contribution in [3.05, 3.63) is 23.5 Å². The SMILES string of the molecule is CCC(CC)Oc1ccc(C)nc1CNC. The average molecular weight is 222 g/mol. The lowest BCUT2D eigenvalue weighted by atomic mass is 10.2. The first kappa shape index (κ1) is 13.0. The van der Waals surface area contributed by atoms with Gasteiger partial charge in [0, 0.05) is 12.2 Å². The minimum absolute atomic E-state index is 0.292. The van der Waals surface area contributed by atoms with Gasteiger partial charge in [-0.15, -0.1) is 0 Å². The predicted octanol–water partition coefficient (Wildman–Crippen LogP) is 2.68. The summed E-state index contributed by atoms with van der Waals surface area (Å²) in [5.41, 5.74) is 2.02. The lowest BCUT2D eigenvalue weighted by Crippen LogP contribution is -2.17. The highest BCUT2D eigenvalue weighted by Crippen LogP contribution is 2.20. The fourth-order valence-electron chi connectivity index (χ4n) is 1.63. The number of hydrogen-bond donors (Lipinski definition) is 1. The number of nitrogens with one attached hydrogen (secondary N) is 1.